The third-order valence-electron chi connectivity index (χ3n) is 4.98. The van der Waals surface area contributed by atoms with Crippen molar-refractivity contribution in [3.63, 3.8) is 0 Å². The number of hydrogen-bond donors (Lipinski definition) is 0. The van der Waals surface area contributed by atoms with Crippen LogP contribution in [0.4, 0.5) is 0 Å². The first-order chi connectivity index (χ1) is 11.6. The number of carbonyl (C=O) groups is 2. The fraction of sp³-hybridized carbons (Fsp3) is 0.400. The summed E-state index contributed by atoms with van der Waals surface area (Å²) in [4.78, 5) is 26.8. The predicted molar refractivity (Wildman–Crippen MR) is 94.0 cm³/mol. The number of fused-ring (bicyclic) bond motifs is 2. The molecule has 1 aromatic carbocycles. The molecule has 0 unspecified atom stereocenters. The first kappa shape index (κ1) is 15.6. The van der Waals surface area contributed by atoms with Crippen LogP contribution in [-0.2, 0) is 30.4 Å². The van der Waals surface area contributed by atoms with Crippen molar-refractivity contribution in [1.82, 2.24) is 0 Å². The van der Waals surface area contributed by atoms with Crippen LogP contribution < -0.4 is 0 Å². The van der Waals surface area contributed by atoms with Crippen LogP contribution in [0.15, 0.2) is 24.3 Å². The Hall–Kier alpha value is -1.94. The molecule has 4 rings (SSSR count). The summed E-state index contributed by atoms with van der Waals surface area (Å²) in [7, 11) is 0. The maximum absolute atomic E-state index is 12.6. The van der Waals surface area contributed by atoms with Crippen molar-refractivity contribution < 1.29 is 14.3 Å². The van der Waals surface area contributed by atoms with Gasteiger partial charge in [-0.2, -0.15) is 0 Å². The molecule has 2 aliphatic carbocycles. The molecule has 0 N–H and O–H groups in total. The van der Waals surface area contributed by atoms with E-state index in [1.807, 2.05) is 24.3 Å². The van der Waals surface area contributed by atoms with Crippen molar-refractivity contribution >= 4 is 23.1 Å². The van der Waals surface area contributed by atoms with E-state index in [0.29, 0.717) is 10.4 Å². The minimum Gasteiger partial charge on any atom is -0.450 e. The van der Waals surface area contributed by atoms with Gasteiger partial charge in [0.15, 0.2) is 6.10 Å². The van der Waals surface area contributed by atoms with Crippen LogP contribution in [0.1, 0.15) is 61.4 Å². The monoisotopic (exact) mass is 340 g/mol. The standard InChI is InChI=1S/C20H20O3S/c1-12(19(21)16-9-8-13-4-2-5-14(13)10-16)23-20(22)18-11-15-6-3-7-17(15)24-18/h8-12H,2-7H2,1H3/t12-/m1/s1. The second kappa shape index (κ2) is 6.17. The first-order valence-electron chi connectivity index (χ1n) is 8.60. The Bertz CT molecular complexity index is 797. The van der Waals surface area contributed by atoms with Crippen molar-refractivity contribution in [2.75, 3.05) is 0 Å². The predicted octanol–water partition coefficient (Wildman–Crippen LogP) is 4.15. The molecule has 24 heavy (non-hydrogen) atoms. The highest BCUT2D eigenvalue weighted by Gasteiger charge is 2.24. The third-order valence-corrected chi connectivity index (χ3v) is 6.20. The van der Waals surface area contributed by atoms with Gasteiger partial charge in [-0.3, -0.25) is 4.79 Å². The lowest BCUT2D eigenvalue weighted by Crippen LogP contribution is -2.24. The lowest BCUT2D eigenvalue weighted by atomic mass is 10.0. The maximum Gasteiger partial charge on any atom is 0.349 e. The van der Waals surface area contributed by atoms with Gasteiger partial charge in [-0.15, -0.1) is 11.3 Å². The Balaban J connectivity index is 1.45. The topological polar surface area (TPSA) is 43.4 Å². The van der Waals surface area contributed by atoms with Crippen LogP contribution in [0.5, 0.6) is 0 Å². The SMILES string of the molecule is C[C@@H](OC(=O)c1cc2c(s1)CCC2)C(=O)c1ccc2c(c1)CCC2. The molecule has 1 atom stereocenters. The van der Waals surface area contributed by atoms with E-state index in [1.54, 1.807) is 6.92 Å². The molecular weight excluding hydrogens is 320 g/mol. The molecule has 0 saturated carbocycles. The van der Waals surface area contributed by atoms with E-state index in [9.17, 15) is 9.59 Å². The summed E-state index contributed by atoms with van der Waals surface area (Å²) in [5.41, 5.74) is 4.51. The highest BCUT2D eigenvalue weighted by Crippen LogP contribution is 2.31. The summed E-state index contributed by atoms with van der Waals surface area (Å²) in [6.45, 7) is 1.66. The van der Waals surface area contributed by atoms with Crippen molar-refractivity contribution in [3.8, 4) is 0 Å². The number of aryl methyl sites for hydroxylation is 4. The van der Waals surface area contributed by atoms with Crippen LogP contribution >= 0.6 is 11.3 Å². The van der Waals surface area contributed by atoms with Gasteiger partial charge < -0.3 is 4.74 Å². The number of ketones is 1. The van der Waals surface area contributed by atoms with Crippen molar-refractivity contribution in [2.24, 2.45) is 0 Å². The van der Waals surface area contributed by atoms with Gasteiger partial charge in [0.05, 0.1) is 0 Å². The van der Waals surface area contributed by atoms with Crippen molar-refractivity contribution in [1.29, 1.82) is 0 Å². The molecule has 4 heteroatoms. The Morgan fingerprint density at radius 1 is 1.00 bits per heavy atom. The number of benzene rings is 1. The number of hydrogen-bond acceptors (Lipinski definition) is 4. The van der Waals surface area contributed by atoms with Gasteiger partial charge in [-0.1, -0.05) is 12.1 Å². The molecule has 124 valence electrons. The summed E-state index contributed by atoms with van der Waals surface area (Å²) in [6.07, 6.45) is 5.79. The van der Waals surface area contributed by atoms with E-state index in [-0.39, 0.29) is 11.8 Å². The summed E-state index contributed by atoms with van der Waals surface area (Å²) in [5, 5.41) is 0. The van der Waals surface area contributed by atoms with Gasteiger partial charge >= 0.3 is 5.97 Å². The first-order valence-corrected chi connectivity index (χ1v) is 9.42. The summed E-state index contributed by atoms with van der Waals surface area (Å²) >= 11 is 1.51. The van der Waals surface area contributed by atoms with E-state index in [4.69, 9.17) is 4.74 Å². The van der Waals surface area contributed by atoms with Gasteiger partial charge in [0.2, 0.25) is 5.78 Å². The third kappa shape index (κ3) is 2.80. The normalized spacial score (nSPS) is 16.5. The molecule has 0 radical (unpaired) electrons. The molecule has 0 bridgehead atoms. The fourth-order valence-electron chi connectivity index (χ4n) is 3.66. The number of thiophene rings is 1. The van der Waals surface area contributed by atoms with Crippen LogP contribution in [0, 0.1) is 0 Å². The smallest absolute Gasteiger partial charge is 0.349 e. The minimum atomic E-state index is -0.756. The Morgan fingerprint density at radius 2 is 1.75 bits per heavy atom. The summed E-state index contributed by atoms with van der Waals surface area (Å²) in [5.74, 6) is -0.501. The van der Waals surface area contributed by atoms with Gasteiger partial charge in [0.1, 0.15) is 4.88 Å². The zero-order chi connectivity index (χ0) is 16.7. The number of esters is 1. The highest BCUT2D eigenvalue weighted by molar-refractivity contribution is 7.14. The molecular formula is C20H20O3S. The van der Waals surface area contributed by atoms with Crippen molar-refractivity contribution in [2.45, 2.75) is 51.6 Å². The lowest BCUT2D eigenvalue weighted by molar-refractivity contribution is 0.0323. The van der Waals surface area contributed by atoms with Crippen LogP contribution in [0.25, 0.3) is 0 Å². The molecule has 0 aliphatic heterocycles. The van der Waals surface area contributed by atoms with Crippen LogP contribution in [0.3, 0.4) is 0 Å². The molecule has 2 aliphatic rings. The Labute approximate surface area is 145 Å². The lowest BCUT2D eigenvalue weighted by Gasteiger charge is -2.12. The largest absolute Gasteiger partial charge is 0.450 e. The fourth-order valence-corrected chi connectivity index (χ4v) is 4.80. The molecule has 0 amide bonds. The second-order valence-electron chi connectivity index (χ2n) is 6.66. The Morgan fingerprint density at radius 3 is 2.58 bits per heavy atom. The molecule has 0 spiro atoms. The van der Waals surface area contributed by atoms with Gasteiger partial charge in [0, 0.05) is 10.4 Å². The van der Waals surface area contributed by atoms with E-state index in [1.165, 1.54) is 39.3 Å². The molecule has 2 aromatic rings. The molecule has 0 fully saturated rings. The second-order valence-corrected chi connectivity index (χ2v) is 7.80. The molecule has 1 heterocycles. The average molecular weight is 340 g/mol. The van der Waals surface area contributed by atoms with Gasteiger partial charge in [-0.25, -0.2) is 4.79 Å². The number of rotatable bonds is 4. The van der Waals surface area contributed by atoms with Crippen LogP contribution in [0.2, 0.25) is 0 Å². The van der Waals surface area contributed by atoms with Gasteiger partial charge in [0.25, 0.3) is 0 Å². The summed E-state index contributed by atoms with van der Waals surface area (Å²) in [6, 6.07) is 7.79. The molecule has 3 nitrogen and oxygen atoms in total. The number of ether oxygens (including phenoxy) is 1. The highest BCUT2D eigenvalue weighted by atomic mass is 32.1. The zero-order valence-electron chi connectivity index (χ0n) is 13.8. The maximum atomic E-state index is 12.6. The average Bonchev–Trinajstić information content (AvgIpc) is 3.28. The number of Topliss-reactive ketones (excluding diaryl/α,β-unsaturated/α-hetero) is 1. The summed E-state index contributed by atoms with van der Waals surface area (Å²) < 4.78 is 5.43. The van der Waals surface area contributed by atoms with E-state index >= 15 is 0 Å². The van der Waals surface area contributed by atoms with E-state index in [2.05, 4.69) is 0 Å². The van der Waals surface area contributed by atoms with E-state index in [0.717, 1.165) is 32.1 Å². The minimum absolute atomic E-state index is 0.123. The number of carbonyl (C=O) groups excluding carboxylic acids is 2. The molecule has 1 aromatic heterocycles. The Kier molecular flexibility index (Phi) is 4.01. The molecule has 0 saturated heterocycles. The zero-order valence-corrected chi connectivity index (χ0v) is 14.6. The van der Waals surface area contributed by atoms with E-state index < -0.39 is 6.10 Å². The van der Waals surface area contributed by atoms with Crippen LogP contribution in [-0.4, -0.2) is 17.9 Å². The van der Waals surface area contributed by atoms with Gasteiger partial charge in [-0.05, 0) is 74.3 Å². The quantitative estimate of drug-likeness (QED) is 0.620. The van der Waals surface area contributed by atoms with Crippen molar-refractivity contribution in [3.05, 3.63) is 56.3 Å².